The number of carbonyl (C=O) groups is 2. The molecule has 1 fully saturated rings. The molecule has 2 rings (SSSR count). The van der Waals surface area contributed by atoms with Crippen LogP contribution in [0.4, 0.5) is 5.69 Å². The lowest BCUT2D eigenvalue weighted by atomic mass is 10.2. The van der Waals surface area contributed by atoms with E-state index in [1.165, 1.54) is 15.8 Å². The minimum absolute atomic E-state index is 0.270. The lowest BCUT2D eigenvalue weighted by Gasteiger charge is -2.22. The highest BCUT2D eigenvalue weighted by molar-refractivity contribution is 6.00. The molecule has 0 radical (unpaired) electrons. The summed E-state index contributed by atoms with van der Waals surface area (Å²) in [7, 11) is 0. The molecule has 1 aliphatic rings. The van der Waals surface area contributed by atoms with Gasteiger partial charge in [0.25, 0.3) is 5.91 Å². The van der Waals surface area contributed by atoms with E-state index in [2.05, 4.69) is 5.10 Å². The number of aromatic nitrogens is 2. The van der Waals surface area contributed by atoms with Gasteiger partial charge >= 0.3 is 0 Å². The van der Waals surface area contributed by atoms with Gasteiger partial charge in [0.1, 0.15) is 11.7 Å². The van der Waals surface area contributed by atoms with Crippen molar-refractivity contribution >= 4 is 17.5 Å². The summed E-state index contributed by atoms with van der Waals surface area (Å²) in [5.41, 5.74) is 11.7. The van der Waals surface area contributed by atoms with Crippen LogP contribution in [0.15, 0.2) is 6.20 Å². The van der Waals surface area contributed by atoms with E-state index < -0.39 is 11.9 Å². The normalized spacial score (nSPS) is 19.2. The van der Waals surface area contributed by atoms with Gasteiger partial charge in [0.15, 0.2) is 0 Å². The monoisotopic (exact) mass is 251 g/mol. The molecule has 98 valence electrons. The summed E-state index contributed by atoms with van der Waals surface area (Å²) in [5.74, 6) is -0.741. The van der Waals surface area contributed by atoms with Crippen LogP contribution in [-0.4, -0.2) is 39.1 Å². The quantitative estimate of drug-likeness (QED) is 0.760. The Kier molecular flexibility index (Phi) is 3.22. The van der Waals surface area contributed by atoms with E-state index >= 15 is 0 Å². The third kappa shape index (κ3) is 1.92. The van der Waals surface area contributed by atoms with Crippen LogP contribution >= 0.6 is 0 Å². The van der Waals surface area contributed by atoms with Crippen molar-refractivity contribution in [1.82, 2.24) is 14.7 Å². The van der Waals surface area contributed by atoms with Crippen LogP contribution in [0, 0.1) is 0 Å². The molecule has 1 aromatic heterocycles. The van der Waals surface area contributed by atoms with Gasteiger partial charge in [-0.15, -0.1) is 0 Å². The predicted octanol–water partition coefficient (Wildman–Crippen LogP) is -0.425. The Bertz CT molecular complexity index is 482. The Balaban J connectivity index is 2.30. The lowest BCUT2D eigenvalue weighted by molar-refractivity contribution is -0.121. The molecule has 0 aromatic carbocycles. The van der Waals surface area contributed by atoms with E-state index in [0.29, 0.717) is 30.9 Å². The predicted molar refractivity (Wildman–Crippen MR) is 65.6 cm³/mol. The number of primary amides is 1. The van der Waals surface area contributed by atoms with Crippen molar-refractivity contribution < 1.29 is 9.59 Å². The maximum absolute atomic E-state index is 12.4. The van der Waals surface area contributed by atoms with Crippen molar-refractivity contribution in [2.24, 2.45) is 5.73 Å². The molecule has 7 heteroatoms. The molecule has 4 N–H and O–H groups in total. The Labute approximate surface area is 105 Å². The molecule has 0 bridgehead atoms. The number of nitrogen functional groups attached to an aromatic ring is 1. The number of likely N-dealkylation sites (tertiary alicyclic amines) is 1. The Morgan fingerprint density at radius 2 is 2.28 bits per heavy atom. The number of aryl methyl sites for hydroxylation is 1. The van der Waals surface area contributed by atoms with Gasteiger partial charge < -0.3 is 16.4 Å². The fourth-order valence-corrected chi connectivity index (χ4v) is 2.32. The smallest absolute Gasteiger partial charge is 0.274 e. The molecule has 1 atom stereocenters. The van der Waals surface area contributed by atoms with Crippen LogP contribution in [0.2, 0.25) is 0 Å². The largest absolute Gasteiger partial charge is 0.396 e. The fourth-order valence-electron chi connectivity index (χ4n) is 2.32. The minimum Gasteiger partial charge on any atom is -0.396 e. The average molecular weight is 251 g/mol. The fraction of sp³-hybridized carbons (Fsp3) is 0.545. The first kappa shape index (κ1) is 12.4. The molecule has 7 nitrogen and oxygen atoms in total. The number of nitrogens with zero attached hydrogens (tertiary/aromatic N) is 3. The number of nitrogens with two attached hydrogens (primary N) is 2. The van der Waals surface area contributed by atoms with E-state index in [-0.39, 0.29) is 5.91 Å². The first-order valence-electron chi connectivity index (χ1n) is 5.97. The summed E-state index contributed by atoms with van der Waals surface area (Å²) in [6.45, 7) is 2.95. The minimum atomic E-state index is -0.530. The SMILES string of the molecule is CCn1ncc(N)c1C(=O)N1CCCC1C(N)=O. The highest BCUT2D eigenvalue weighted by Gasteiger charge is 2.35. The Hall–Kier alpha value is -2.05. The Morgan fingerprint density at radius 3 is 2.89 bits per heavy atom. The number of carbonyl (C=O) groups excluding carboxylic acids is 2. The molecule has 0 saturated carbocycles. The molecular weight excluding hydrogens is 234 g/mol. The summed E-state index contributed by atoms with van der Waals surface area (Å²) in [6.07, 6.45) is 2.84. The molecule has 1 saturated heterocycles. The van der Waals surface area contributed by atoms with E-state index in [1.54, 1.807) is 0 Å². The first-order valence-corrected chi connectivity index (χ1v) is 5.97. The van der Waals surface area contributed by atoms with Crippen LogP contribution in [0.3, 0.4) is 0 Å². The lowest BCUT2D eigenvalue weighted by Crippen LogP contribution is -2.44. The van der Waals surface area contributed by atoms with Crippen LogP contribution in [0.1, 0.15) is 30.3 Å². The zero-order valence-electron chi connectivity index (χ0n) is 10.3. The Morgan fingerprint density at radius 1 is 1.56 bits per heavy atom. The van der Waals surface area contributed by atoms with Crippen LogP contribution in [0.5, 0.6) is 0 Å². The van der Waals surface area contributed by atoms with Gasteiger partial charge in [0.2, 0.25) is 5.91 Å². The summed E-state index contributed by atoms with van der Waals surface area (Å²) in [6, 6.07) is -0.530. The molecular formula is C11H17N5O2. The van der Waals surface area contributed by atoms with Crippen molar-refractivity contribution in [2.45, 2.75) is 32.4 Å². The van der Waals surface area contributed by atoms with Crippen molar-refractivity contribution in [3.63, 3.8) is 0 Å². The topological polar surface area (TPSA) is 107 Å². The van der Waals surface area contributed by atoms with Gasteiger partial charge in [0.05, 0.1) is 11.9 Å². The van der Waals surface area contributed by atoms with E-state index in [0.717, 1.165) is 6.42 Å². The summed E-state index contributed by atoms with van der Waals surface area (Å²) < 4.78 is 1.54. The van der Waals surface area contributed by atoms with Gasteiger partial charge in [0, 0.05) is 13.1 Å². The molecule has 0 spiro atoms. The van der Waals surface area contributed by atoms with E-state index in [9.17, 15) is 9.59 Å². The number of amides is 2. The third-order valence-corrected chi connectivity index (χ3v) is 3.21. The number of rotatable bonds is 3. The van der Waals surface area contributed by atoms with Crippen molar-refractivity contribution in [1.29, 1.82) is 0 Å². The van der Waals surface area contributed by atoms with Crippen molar-refractivity contribution in [3.05, 3.63) is 11.9 Å². The highest BCUT2D eigenvalue weighted by atomic mass is 16.2. The number of hydrogen-bond acceptors (Lipinski definition) is 4. The second-order valence-corrected chi connectivity index (χ2v) is 4.32. The van der Waals surface area contributed by atoms with Crippen molar-refractivity contribution in [2.75, 3.05) is 12.3 Å². The van der Waals surface area contributed by atoms with E-state index in [1.807, 2.05) is 6.92 Å². The number of hydrogen-bond donors (Lipinski definition) is 2. The van der Waals surface area contributed by atoms with Crippen LogP contribution in [0.25, 0.3) is 0 Å². The van der Waals surface area contributed by atoms with Crippen LogP contribution in [-0.2, 0) is 11.3 Å². The van der Waals surface area contributed by atoms with Gasteiger partial charge in [-0.25, -0.2) is 0 Å². The zero-order valence-corrected chi connectivity index (χ0v) is 10.3. The second-order valence-electron chi connectivity index (χ2n) is 4.32. The van der Waals surface area contributed by atoms with E-state index in [4.69, 9.17) is 11.5 Å². The molecule has 2 heterocycles. The van der Waals surface area contributed by atoms with Crippen molar-refractivity contribution in [3.8, 4) is 0 Å². The maximum atomic E-state index is 12.4. The summed E-state index contributed by atoms with van der Waals surface area (Å²) in [5, 5.41) is 4.02. The second kappa shape index (κ2) is 4.67. The molecule has 2 amide bonds. The van der Waals surface area contributed by atoms with Gasteiger partial charge in [-0.1, -0.05) is 0 Å². The standard InChI is InChI=1S/C11H17N5O2/c1-2-16-9(7(12)6-14-16)11(18)15-5-3-4-8(15)10(13)17/h6,8H,2-5,12H2,1H3,(H2,13,17). The molecule has 18 heavy (non-hydrogen) atoms. The summed E-state index contributed by atoms with van der Waals surface area (Å²) in [4.78, 5) is 25.2. The molecule has 0 aliphatic carbocycles. The maximum Gasteiger partial charge on any atom is 0.274 e. The first-order chi connectivity index (χ1) is 8.56. The summed E-state index contributed by atoms with van der Waals surface area (Å²) >= 11 is 0. The van der Waals surface area contributed by atoms with Gasteiger partial charge in [-0.3, -0.25) is 14.3 Å². The average Bonchev–Trinajstić information content (AvgIpc) is 2.94. The molecule has 1 unspecified atom stereocenters. The van der Waals surface area contributed by atoms with Gasteiger partial charge in [-0.05, 0) is 19.8 Å². The van der Waals surface area contributed by atoms with Crippen LogP contribution < -0.4 is 11.5 Å². The number of anilines is 1. The third-order valence-electron chi connectivity index (χ3n) is 3.21. The van der Waals surface area contributed by atoms with Gasteiger partial charge in [-0.2, -0.15) is 5.10 Å². The zero-order chi connectivity index (χ0) is 13.3. The molecule has 1 aliphatic heterocycles. The molecule has 1 aromatic rings. The highest BCUT2D eigenvalue weighted by Crippen LogP contribution is 2.22.